The number of hydrogen-bond donors (Lipinski definition) is 1. The predicted octanol–water partition coefficient (Wildman–Crippen LogP) is 1.15. The first-order chi connectivity index (χ1) is 6.15. The molecule has 1 unspecified atom stereocenters. The number of amides is 1. The summed E-state index contributed by atoms with van der Waals surface area (Å²) in [5.74, 6) is -0.370. The van der Waals surface area contributed by atoms with E-state index in [4.69, 9.17) is 5.73 Å². The Bertz CT molecular complexity index is 174. The van der Waals surface area contributed by atoms with E-state index in [2.05, 4.69) is 25.7 Å². The lowest BCUT2D eigenvalue weighted by Gasteiger charge is -2.25. The third-order valence-corrected chi connectivity index (χ3v) is 2.18. The summed E-state index contributed by atoms with van der Waals surface area (Å²) in [5, 5.41) is 0. The van der Waals surface area contributed by atoms with Crippen LogP contribution in [0.15, 0.2) is 12.2 Å². The van der Waals surface area contributed by atoms with E-state index in [1.165, 1.54) is 6.08 Å². The zero-order chi connectivity index (χ0) is 10.3. The number of likely N-dealkylation sites (N-methyl/N-ethyl adjacent to an activating group) is 1. The van der Waals surface area contributed by atoms with Gasteiger partial charge in [-0.15, -0.1) is 0 Å². The molecule has 1 amide bonds. The fourth-order valence-corrected chi connectivity index (χ4v) is 1.41. The van der Waals surface area contributed by atoms with Crippen molar-refractivity contribution in [2.75, 3.05) is 13.1 Å². The molecule has 0 aromatic carbocycles. The van der Waals surface area contributed by atoms with Gasteiger partial charge < -0.3 is 5.73 Å². The quantitative estimate of drug-likeness (QED) is 0.629. The lowest BCUT2D eigenvalue weighted by Crippen LogP contribution is -2.33. The maximum Gasteiger partial charge on any atom is 0.241 e. The van der Waals surface area contributed by atoms with E-state index >= 15 is 0 Å². The molecule has 0 aliphatic rings. The van der Waals surface area contributed by atoms with Crippen LogP contribution in [0.4, 0.5) is 0 Å². The molecule has 1 atom stereocenters. The number of nitrogens with zero attached hydrogens (tertiary/aromatic N) is 1. The number of primary amides is 1. The monoisotopic (exact) mass is 184 g/mol. The maximum atomic E-state index is 10.5. The second kappa shape index (κ2) is 6.66. The van der Waals surface area contributed by atoms with Crippen LogP contribution in [-0.2, 0) is 4.79 Å². The molecular weight excluding hydrogens is 164 g/mol. The third kappa shape index (κ3) is 4.68. The minimum absolute atomic E-state index is 0.336. The van der Waals surface area contributed by atoms with Crippen LogP contribution >= 0.6 is 0 Å². The van der Waals surface area contributed by atoms with Gasteiger partial charge in [0.2, 0.25) is 5.91 Å². The molecule has 0 rings (SSSR count). The van der Waals surface area contributed by atoms with Crippen molar-refractivity contribution in [3.8, 4) is 0 Å². The van der Waals surface area contributed by atoms with Crippen LogP contribution in [0.3, 0.4) is 0 Å². The molecule has 0 aromatic heterocycles. The van der Waals surface area contributed by atoms with Gasteiger partial charge in [-0.2, -0.15) is 0 Å². The number of carbonyl (C=O) groups excluding carboxylic acids is 1. The summed E-state index contributed by atoms with van der Waals surface area (Å²) in [6, 6.07) is 0.336. The first-order valence-corrected chi connectivity index (χ1v) is 4.87. The molecule has 0 saturated carbocycles. The van der Waals surface area contributed by atoms with Crippen LogP contribution in [0.25, 0.3) is 0 Å². The Morgan fingerprint density at radius 3 is 2.23 bits per heavy atom. The Labute approximate surface area is 80.6 Å². The molecule has 2 N–H and O–H groups in total. The van der Waals surface area contributed by atoms with Gasteiger partial charge in [0.15, 0.2) is 0 Å². The van der Waals surface area contributed by atoms with Gasteiger partial charge in [0, 0.05) is 12.1 Å². The third-order valence-electron chi connectivity index (χ3n) is 2.18. The lowest BCUT2D eigenvalue weighted by atomic mass is 10.1. The normalized spacial score (nSPS) is 13.8. The van der Waals surface area contributed by atoms with Crippen LogP contribution in [-0.4, -0.2) is 29.9 Å². The van der Waals surface area contributed by atoms with Crippen molar-refractivity contribution in [3.63, 3.8) is 0 Å². The maximum absolute atomic E-state index is 10.5. The van der Waals surface area contributed by atoms with Gasteiger partial charge in [0.25, 0.3) is 0 Å². The Morgan fingerprint density at radius 2 is 1.92 bits per heavy atom. The molecule has 0 heterocycles. The van der Waals surface area contributed by atoms with Crippen molar-refractivity contribution < 1.29 is 4.79 Å². The number of carbonyl (C=O) groups is 1. The molecule has 0 aromatic rings. The minimum atomic E-state index is -0.370. The van der Waals surface area contributed by atoms with Crippen molar-refractivity contribution in [2.24, 2.45) is 5.73 Å². The minimum Gasteiger partial charge on any atom is -0.366 e. The van der Waals surface area contributed by atoms with Crippen molar-refractivity contribution in [2.45, 2.75) is 33.2 Å². The van der Waals surface area contributed by atoms with E-state index in [9.17, 15) is 4.79 Å². The summed E-state index contributed by atoms with van der Waals surface area (Å²) < 4.78 is 0. The van der Waals surface area contributed by atoms with Gasteiger partial charge >= 0.3 is 0 Å². The van der Waals surface area contributed by atoms with Gasteiger partial charge in [0.1, 0.15) is 0 Å². The average molecular weight is 184 g/mol. The molecule has 0 radical (unpaired) electrons. The van der Waals surface area contributed by atoms with Crippen molar-refractivity contribution in [1.82, 2.24) is 4.90 Å². The fraction of sp³-hybridized carbons (Fsp3) is 0.700. The zero-order valence-electron chi connectivity index (χ0n) is 8.79. The summed E-state index contributed by atoms with van der Waals surface area (Å²) >= 11 is 0. The van der Waals surface area contributed by atoms with Gasteiger partial charge in [-0.05, 0) is 19.5 Å². The Kier molecular flexibility index (Phi) is 6.24. The molecule has 0 bridgehead atoms. The van der Waals surface area contributed by atoms with E-state index in [1.807, 2.05) is 6.08 Å². The second-order valence-corrected chi connectivity index (χ2v) is 2.96. The first-order valence-electron chi connectivity index (χ1n) is 4.87. The van der Waals surface area contributed by atoms with Gasteiger partial charge in [-0.1, -0.05) is 26.8 Å². The Balaban J connectivity index is 4.22. The first kappa shape index (κ1) is 12.2. The fourth-order valence-electron chi connectivity index (χ4n) is 1.41. The van der Waals surface area contributed by atoms with Gasteiger partial charge in [-0.3, -0.25) is 9.69 Å². The molecule has 0 fully saturated rings. The molecule has 13 heavy (non-hydrogen) atoms. The molecule has 0 aliphatic heterocycles. The van der Waals surface area contributed by atoms with E-state index < -0.39 is 0 Å². The highest BCUT2D eigenvalue weighted by molar-refractivity contribution is 5.85. The Hall–Kier alpha value is -0.830. The highest BCUT2D eigenvalue weighted by Gasteiger charge is 2.09. The highest BCUT2D eigenvalue weighted by atomic mass is 16.1. The summed E-state index contributed by atoms with van der Waals surface area (Å²) in [5.41, 5.74) is 5.03. The zero-order valence-corrected chi connectivity index (χ0v) is 8.79. The summed E-state index contributed by atoms with van der Waals surface area (Å²) in [4.78, 5) is 12.8. The molecule has 0 aliphatic carbocycles. The number of hydrogen-bond acceptors (Lipinski definition) is 2. The number of nitrogens with two attached hydrogens (primary N) is 1. The van der Waals surface area contributed by atoms with Crippen LogP contribution in [0.2, 0.25) is 0 Å². The molecule has 76 valence electrons. The van der Waals surface area contributed by atoms with Gasteiger partial charge in [0.05, 0.1) is 0 Å². The average Bonchev–Trinajstić information content (AvgIpc) is 2.11. The Morgan fingerprint density at radius 1 is 1.38 bits per heavy atom. The smallest absolute Gasteiger partial charge is 0.241 e. The molecule has 0 spiro atoms. The SMILES string of the molecule is CCC(/C=C/C(N)=O)N(CC)CC. The van der Waals surface area contributed by atoms with Crippen molar-refractivity contribution in [3.05, 3.63) is 12.2 Å². The summed E-state index contributed by atoms with van der Waals surface area (Å²) in [7, 11) is 0. The van der Waals surface area contributed by atoms with Gasteiger partial charge in [-0.25, -0.2) is 0 Å². The molecular formula is C10H20N2O. The largest absolute Gasteiger partial charge is 0.366 e. The van der Waals surface area contributed by atoms with E-state index in [1.54, 1.807) is 0 Å². The van der Waals surface area contributed by atoms with Crippen molar-refractivity contribution >= 4 is 5.91 Å². The topological polar surface area (TPSA) is 46.3 Å². The van der Waals surface area contributed by atoms with E-state index in [-0.39, 0.29) is 5.91 Å². The second-order valence-electron chi connectivity index (χ2n) is 2.96. The highest BCUT2D eigenvalue weighted by Crippen LogP contribution is 2.04. The summed E-state index contributed by atoms with van der Waals surface area (Å²) in [6.07, 6.45) is 4.34. The van der Waals surface area contributed by atoms with Crippen LogP contribution in [0, 0.1) is 0 Å². The lowest BCUT2D eigenvalue weighted by molar-refractivity contribution is -0.113. The van der Waals surface area contributed by atoms with Crippen LogP contribution < -0.4 is 5.73 Å². The predicted molar refractivity (Wildman–Crippen MR) is 55.3 cm³/mol. The van der Waals surface area contributed by atoms with E-state index in [0.29, 0.717) is 6.04 Å². The van der Waals surface area contributed by atoms with Crippen LogP contribution in [0.1, 0.15) is 27.2 Å². The molecule has 0 saturated heterocycles. The van der Waals surface area contributed by atoms with Crippen molar-refractivity contribution in [1.29, 1.82) is 0 Å². The molecule has 3 nitrogen and oxygen atoms in total. The van der Waals surface area contributed by atoms with Crippen LogP contribution in [0.5, 0.6) is 0 Å². The summed E-state index contributed by atoms with van der Waals surface area (Å²) in [6.45, 7) is 8.33. The van der Waals surface area contributed by atoms with E-state index in [0.717, 1.165) is 19.5 Å². The molecule has 3 heteroatoms. The standard InChI is InChI=1S/C10H20N2O/c1-4-9(7-8-10(11)13)12(5-2)6-3/h7-9H,4-6H2,1-3H3,(H2,11,13)/b8-7+. The number of rotatable bonds is 6.